The van der Waals surface area contributed by atoms with E-state index >= 15 is 0 Å². The molecule has 0 spiro atoms. The minimum Gasteiger partial charge on any atom is -0.489 e. The lowest BCUT2D eigenvalue weighted by Gasteiger charge is -2.21. The van der Waals surface area contributed by atoms with Crippen LogP contribution in [0.2, 0.25) is 5.02 Å². The van der Waals surface area contributed by atoms with E-state index in [2.05, 4.69) is 50.6 Å². The minimum atomic E-state index is 0.201. The van der Waals surface area contributed by atoms with Crippen molar-refractivity contribution in [2.45, 2.75) is 90.6 Å². The fourth-order valence-corrected chi connectivity index (χ4v) is 4.65. The Morgan fingerprint density at radius 2 is 1.70 bits per heavy atom. The van der Waals surface area contributed by atoms with E-state index in [0.29, 0.717) is 5.02 Å². The normalized spacial score (nSPS) is 15.8. The van der Waals surface area contributed by atoms with Crippen LogP contribution in [0.4, 0.5) is 0 Å². The molecule has 0 heterocycles. The largest absolute Gasteiger partial charge is 0.489 e. The van der Waals surface area contributed by atoms with E-state index in [1.165, 1.54) is 75.3 Å². The number of hydrogen-bond donors (Lipinski definition) is 0. The maximum absolute atomic E-state index is 6.55. The Bertz CT molecular complexity index is 746. The molecule has 0 aromatic heterocycles. The van der Waals surface area contributed by atoms with Gasteiger partial charge >= 0.3 is 0 Å². The average molecular weight is 426 g/mol. The second-order valence-corrected chi connectivity index (χ2v) is 9.38. The molecule has 1 aliphatic carbocycles. The zero-order chi connectivity index (χ0) is 21.2. The van der Waals surface area contributed by atoms with Crippen LogP contribution in [0.3, 0.4) is 0 Å². The van der Waals surface area contributed by atoms with Gasteiger partial charge in [0.25, 0.3) is 0 Å². The first-order valence-electron chi connectivity index (χ1n) is 12.0. The van der Waals surface area contributed by atoms with Crippen LogP contribution in [0.15, 0.2) is 42.5 Å². The Labute approximate surface area is 189 Å². The SMILES string of the molecule is CCCCCC[C@@H](C)Oc1ccc(-c2ccc(CCC3CC[CH]CC3)cc2)cc1Cl. The van der Waals surface area contributed by atoms with Crippen molar-refractivity contribution in [1.82, 2.24) is 0 Å². The Morgan fingerprint density at radius 1 is 0.967 bits per heavy atom. The van der Waals surface area contributed by atoms with Crippen molar-refractivity contribution < 1.29 is 4.74 Å². The van der Waals surface area contributed by atoms with E-state index in [9.17, 15) is 0 Å². The number of benzene rings is 2. The lowest BCUT2D eigenvalue weighted by Crippen LogP contribution is -2.11. The first-order valence-corrected chi connectivity index (χ1v) is 12.4. The number of hydrogen-bond acceptors (Lipinski definition) is 1. The zero-order valence-electron chi connectivity index (χ0n) is 18.8. The molecule has 2 aromatic carbocycles. The van der Waals surface area contributed by atoms with Crippen molar-refractivity contribution in [2.24, 2.45) is 5.92 Å². The fraction of sp³-hybridized carbons (Fsp3) is 0.536. The molecule has 0 amide bonds. The molecule has 0 bridgehead atoms. The highest BCUT2D eigenvalue weighted by Gasteiger charge is 2.13. The Morgan fingerprint density at radius 3 is 2.40 bits per heavy atom. The van der Waals surface area contributed by atoms with Gasteiger partial charge in [0.15, 0.2) is 0 Å². The molecule has 1 atom stereocenters. The fourth-order valence-electron chi connectivity index (χ4n) is 4.43. The molecule has 0 aliphatic heterocycles. The van der Waals surface area contributed by atoms with Gasteiger partial charge in [0.1, 0.15) is 5.75 Å². The second kappa shape index (κ2) is 12.4. The van der Waals surface area contributed by atoms with Gasteiger partial charge in [-0.05, 0) is 86.6 Å². The predicted octanol–water partition coefficient (Wildman–Crippen LogP) is 9.07. The van der Waals surface area contributed by atoms with Gasteiger partial charge in [-0.2, -0.15) is 0 Å². The van der Waals surface area contributed by atoms with Crippen molar-refractivity contribution in [3.63, 3.8) is 0 Å². The third kappa shape index (κ3) is 7.34. The van der Waals surface area contributed by atoms with Crippen LogP contribution in [0.25, 0.3) is 11.1 Å². The Kier molecular flexibility index (Phi) is 9.59. The summed E-state index contributed by atoms with van der Waals surface area (Å²) >= 11 is 6.55. The third-order valence-corrected chi connectivity index (χ3v) is 6.71. The third-order valence-electron chi connectivity index (χ3n) is 6.41. The van der Waals surface area contributed by atoms with Crippen LogP contribution in [0, 0.1) is 12.3 Å². The summed E-state index contributed by atoms with van der Waals surface area (Å²) in [6, 6.07) is 15.2. The molecular formula is C28H38ClO. The zero-order valence-corrected chi connectivity index (χ0v) is 19.6. The molecule has 1 nitrogen and oxygen atoms in total. The summed E-state index contributed by atoms with van der Waals surface area (Å²) in [5, 5.41) is 0.700. The summed E-state index contributed by atoms with van der Waals surface area (Å²) < 4.78 is 6.09. The monoisotopic (exact) mass is 425 g/mol. The predicted molar refractivity (Wildman–Crippen MR) is 130 cm³/mol. The molecular weight excluding hydrogens is 388 g/mol. The van der Waals surface area contributed by atoms with Gasteiger partial charge in [-0.25, -0.2) is 0 Å². The summed E-state index contributed by atoms with van der Waals surface area (Å²) in [5.41, 5.74) is 3.81. The summed E-state index contributed by atoms with van der Waals surface area (Å²) in [5.74, 6) is 1.71. The van der Waals surface area contributed by atoms with E-state index in [1.807, 2.05) is 12.1 Å². The number of unbranched alkanes of at least 4 members (excludes halogenated alkanes) is 3. The summed E-state index contributed by atoms with van der Waals surface area (Å²) in [6.07, 6.45) is 16.7. The van der Waals surface area contributed by atoms with Crippen LogP contribution < -0.4 is 4.74 Å². The van der Waals surface area contributed by atoms with E-state index in [-0.39, 0.29) is 6.10 Å². The van der Waals surface area contributed by atoms with Crippen LogP contribution >= 0.6 is 11.6 Å². The molecule has 30 heavy (non-hydrogen) atoms. The highest BCUT2D eigenvalue weighted by Crippen LogP contribution is 2.32. The van der Waals surface area contributed by atoms with Gasteiger partial charge in [0, 0.05) is 0 Å². The molecule has 2 heteroatoms. The van der Waals surface area contributed by atoms with E-state index < -0.39 is 0 Å². The topological polar surface area (TPSA) is 9.23 Å². The maximum Gasteiger partial charge on any atom is 0.138 e. The van der Waals surface area contributed by atoms with Crippen molar-refractivity contribution in [3.8, 4) is 16.9 Å². The highest BCUT2D eigenvalue weighted by molar-refractivity contribution is 6.32. The Hall–Kier alpha value is -1.47. The van der Waals surface area contributed by atoms with Crippen LogP contribution in [-0.4, -0.2) is 6.10 Å². The number of halogens is 1. The molecule has 0 N–H and O–H groups in total. The number of rotatable bonds is 11. The minimum absolute atomic E-state index is 0.201. The van der Waals surface area contributed by atoms with Crippen LogP contribution in [-0.2, 0) is 6.42 Å². The van der Waals surface area contributed by atoms with Crippen molar-refractivity contribution >= 4 is 11.6 Å². The molecule has 0 saturated heterocycles. The molecule has 3 rings (SSSR count). The van der Waals surface area contributed by atoms with Gasteiger partial charge in [0.05, 0.1) is 11.1 Å². The molecule has 1 fully saturated rings. The summed E-state index contributed by atoms with van der Waals surface area (Å²) in [7, 11) is 0. The molecule has 1 radical (unpaired) electrons. The van der Waals surface area contributed by atoms with E-state index in [0.717, 1.165) is 23.7 Å². The second-order valence-electron chi connectivity index (χ2n) is 8.97. The average Bonchev–Trinajstić information content (AvgIpc) is 2.78. The van der Waals surface area contributed by atoms with Gasteiger partial charge in [0.2, 0.25) is 0 Å². The first-order chi connectivity index (χ1) is 14.7. The van der Waals surface area contributed by atoms with Gasteiger partial charge in [-0.15, -0.1) is 0 Å². The van der Waals surface area contributed by atoms with Crippen molar-refractivity contribution in [1.29, 1.82) is 0 Å². The molecule has 1 aliphatic rings. The summed E-state index contributed by atoms with van der Waals surface area (Å²) in [6.45, 7) is 4.38. The Balaban J connectivity index is 1.52. The van der Waals surface area contributed by atoms with Gasteiger partial charge < -0.3 is 4.74 Å². The summed E-state index contributed by atoms with van der Waals surface area (Å²) in [4.78, 5) is 0. The highest BCUT2D eigenvalue weighted by atomic mass is 35.5. The smallest absolute Gasteiger partial charge is 0.138 e. The standard InChI is InChI=1S/C28H38ClO/c1-3-4-5-7-10-22(2)30-28-20-19-26(21-27(28)29)25-17-15-24(16-18-25)14-13-23-11-8-6-9-12-23/h6,15-23H,3-5,7-14H2,1-2H3/t22-/m1/s1. The lowest BCUT2D eigenvalue weighted by atomic mass is 9.85. The molecule has 1 saturated carbocycles. The van der Waals surface area contributed by atoms with Gasteiger partial charge in [-0.3, -0.25) is 0 Å². The molecule has 163 valence electrons. The van der Waals surface area contributed by atoms with E-state index in [4.69, 9.17) is 16.3 Å². The number of ether oxygens (including phenoxy) is 1. The van der Waals surface area contributed by atoms with Crippen LogP contribution in [0.5, 0.6) is 5.75 Å². The quantitative estimate of drug-likeness (QED) is 0.326. The van der Waals surface area contributed by atoms with Crippen molar-refractivity contribution in [2.75, 3.05) is 0 Å². The number of aryl methyl sites for hydroxylation is 1. The molecule has 0 unspecified atom stereocenters. The first kappa shape index (κ1) is 23.2. The van der Waals surface area contributed by atoms with E-state index in [1.54, 1.807) is 0 Å². The van der Waals surface area contributed by atoms with Crippen molar-refractivity contribution in [3.05, 3.63) is 59.5 Å². The van der Waals surface area contributed by atoms with Gasteiger partial charge in [-0.1, -0.05) is 81.0 Å². The molecule has 2 aromatic rings. The lowest BCUT2D eigenvalue weighted by molar-refractivity contribution is 0.206. The van der Waals surface area contributed by atoms with Crippen LogP contribution in [0.1, 0.15) is 83.6 Å². The maximum atomic E-state index is 6.55.